The van der Waals surface area contributed by atoms with Gasteiger partial charge < -0.3 is 4.90 Å². The molecule has 0 unspecified atom stereocenters. The summed E-state index contributed by atoms with van der Waals surface area (Å²) in [7, 11) is 0. The third-order valence-electron chi connectivity index (χ3n) is 5.01. The highest BCUT2D eigenvalue weighted by molar-refractivity contribution is 6.46. The Morgan fingerprint density at radius 3 is 2.16 bits per heavy atom. The van der Waals surface area contributed by atoms with Gasteiger partial charge in [0.05, 0.1) is 11.3 Å². The first kappa shape index (κ1) is 20.8. The van der Waals surface area contributed by atoms with Gasteiger partial charge in [0.15, 0.2) is 11.6 Å². The van der Waals surface area contributed by atoms with Crippen molar-refractivity contribution in [3.8, 4) is 0 Å². The zero-order valence-corrected chi connectivity index (χ0v) is 17.2. The Kier molecular flexibility index (Phi) is 5.57. The van der Waals surface area contributed by atoms with Crippen LogP contribution in [0.3, 0.4) is 0 Å². The first-order chi connectivity index (χ1) is 14.9. The van der Waals surface area contributed by atoms with Gasteiger partial charge in [0.1, 0.15) is 5.70 Å². The van der Waals surface area contributed by atoms with E-state index in [1.807, 2.05) is 37.3 Å². The zero-order chi connectivity index (χ0) is 22.1. The van der Waals surface area contributed by atoms with E-state index < -0.39 is 23.4 Å². The van der Waals surface area contributed by atoms with E-state index in [-0.39, 0.29) is 17.0 Å². The summed E-state index contributed by atoms with van der Waals surface area (Å²) in [6.07, 6.45) is 0. The van der Waals surface area contributed by atoms with E-state index >= 15 is 0 Å². The summed E-state index contributed by atoms with van der Waals surface area (Å²) in [5, 5.41) is 0.482. The predicted octanol–water partition coefficient (Wildman–Crippen LogP) is 5.43. The fourth-order valence-electron chi connectivity index (χ4n) is 3.58. The third kappa shape index (κ3) is 3.70. The molecule has 0 radical (unpaired) electrons. The van der Waals surface area contributed by atoms with Crippen molar-refractivity contribution in [2.75, 3.05) is 16.3 Å². The predicted molar refractivity (Wildman–Crippen MR) is 117 cm³/mol. The smallest absolute Gasteiger partial charge is 0.282 e. The van der Waals surface area contributed by atoms with Crippen LogP contribution in [-0.2, 0) is 9.59 Å². The normalized spacial score (nSPS) is 13.9. The van der Waals surface area contributed by atoms with Crippen LogP contribution >= 0.6 is 11.6 Å². The van der Waals surface area contributed by atoms with Gasteiger partial charge in [-0.2, -0.15) is 0 Å². The Labute approximate surface area is 183 Å². The van der Waals surface area contributed by atoms with Crippen molar-refractivity contribution >= 4 is 40.4 Å². The van der Waals surface area contributed by atoms with Gasteiger partial charge in [-0.05, 0) is 48.9 Å². The fraction of sp³-hybridized carbons (Fsp3) is 0.0833. The number of hydrogen-bond donors (Lipinski definition) is 0. The number of nitrogens with zero attached hydrogens (tertiary/aromatic N) is 2. The SMILES string of the molecule is CCN(C1=C(c2ccc(Cl)cc2)C(=O)N(c2ccc(F)c(F)c2)C1=O)c1ccccc1. The van der Waals surface area contributed by atoms with Crippen LogP contribution in [0.25, 0.3) is 5.57 Å². The lowest BCUT2D eigenvalue weighted by molar-refractivity contribution is -0.120. The minimum atomic E-state index is -1.14. The molecular weight excluding hydrogens is 422 g/mol. The maximum atomic E-state index is 13.9. The number of halogens is 3. The first-order valence-corrected chi connectivity index (χ1v) is 9.96. The second kappa shape index (κ2) is 8.32. The van der Waals surface area contributed by atoms with Crippen molar-refractivity contribution in [2.24, 2.45) is 0 Å². The molecule has 1 aliphatic heterocycles. The molecule has 0 saturated carbocycles. The van der Waals surface area contributed by atoms with E-state index in [4.69, 9.17) is 11.6 Å². The van der Waals surface area contributed by atoms with E-state index in [0.29, 0.717) is 17.1 Å². The molecular formula is C24H17ClF2N2O2. The number of carbonyl (C=O) groups excluding carboxylic acids is 2. The summed E-state index contributed by atoms with van der Waals surface area (Å²) in [4.78, 5) is 29.5. The van der Waals surface area contributed by atoms with Crippen LogP contribution in [0.15, 0.2) is 78.5 Å². The van der Waals surface area contributed by atoms with Gasteiger partial charge >= 0.3 is 0 Å². The van der Waals surface area contributed by atoms with Gasteiger partial charge in [0, 0.05) is 23.3 Å². The highest BCUT2D eigenvalue weighted by atomic mass is 35.5. The number of amides is 2. The Bertz CT molecular complexity index is 1190. The van der Waals surface area contributed by atoms with Gasteiger partial charge in [-0.25, -0.2) is 13.7 Å². The molecule has 0 N–H and O–H groups in total. The van der Waals surface area contributed by atoms with Gasteiger partial charge in [-0.15, -0.1) is 0 Å². The minimum absolute atomic E-state index is 0.0421. The van der Waals surface area contributed by atoms with E-state index in [1.165, 1.54) is 6.07 Å². The van der Waals surface area contributed by atoms with Crippen molar-refractivity contribution in [1.29, 1.82) is 0 Å². The second-order valence-corrected chi connectivity index (χ2v) is 7.29. The number of rotatable bonds is 5. The molecule has 0 aromatic heterocycles. The summed E-state index contributed by atoms with van der Waals surface area (Å²) in [5.41, 5.74) is 1.50. The average molecular weight is 439 g/mol. The molecule has 1 aliphatic rings. The molecule has 2 amide bonds. The molecule has 0 atom stereocenters. The Morgan fingerprint density at radius 2 is 1.55 bits per heavy atom. The van der Waals surface area contributed by atoms with Gasteiger partial charge in [-0.3, -0.25) is 9.59 Å². The molecule has 4 rings (SSSR count). The molecule has 7 heteroatoms. The number of benzene rings is 3. The number of likely N-dealkylation sites (N-methyl/N-ethyl adjacent to an activating group) is 1. The standard InChI is InChI=1S/C24H17ClF2N2O2/c1-2-28(17-6-4-3-5-7-17)22-21(15-8-10-16(25)11-9-15)23(30)29(24(22)31)18-12-13-19(26)20(27)14-18/h3-14H,2H2,1H3. The number of anilines is 2. The lowest BCUT2D eigenvalue weighted by atomic mass is 10.0. The molecule has 0 spiro atoms. The Hall–Kier alpha value is -3.51. The fourth-order valence-corrected chi connectivity index (χ4v) is 3.71. The Balaban J connectivity index is 1.91. The van der Waals surface area contributed by atoms with E-state index in [1.54, 1.807) is 29.2 Å². The van der Waals surface area contributed by atoms with E-state index in [0.717, 1.165) is 22.7 Å². The summed E-state index contributed by atoms with van der Waals surface area (Å²) in [5.74, 6) is -3.45. The molecule has 31 heavy (non-hydrogen) atoms. The number of hydrogen-bond acceptors (Lipinski definition) is 3. The third-order valence-corrected chi connectivity index (χ3v) is 5.26. The molecule has 0 saturated heterocycles. The van der Waals surface area contributed by atoms with Crippen LogP contribution in [0.4, 0.5) is 20.2 Å². The zero-order valence-electron chi connectivity index (χ0n) is 16.5. The molecule has 0 fully saturated rings. The molecule has 0 bridgehead atoms. The maximum absolute atomic E-state index is 13.9. The van der Waals surface area contributed by atoms with Crippen molar-refractivity contribution in [3.63, 3.8) is 0 Å². The van der Waals surface area contributed by atoms with Crippen LogP contribution < -0.4 is 9.80 Å². The van der Waals surface area contributed by atoms with E-state index in [2.05, 4.69) is 0 Å². The van der Waals surface area contributed by atoms with Gasteiger partial charge in [0.2, 0.25) is 0 Å². The molecule has 4 nitrogen and oxygen atoms in total. The first-order valence-electron chi connectivity index (χ1n) is 9.59. The van der Waals surface area contributed by atoms with Crippen LogP contribution in [0.5, 0.6) is 0 Å². The van der Waals surface area contributed by atoms with Crippen LogP contribution in [0, 0.1) is 11.6 Å². The van der Waals surface area contributed by atoms with Crippen molar-refractivity contribution in [1.82, 2.24) is 0 Å². The van der Waals surface area contributed by atoms with Gasteiger partial charge in [0.25, 0.3) is 11.8 Å². The quantitative estimate of drug-likeness (QED) is 0.499. The summed E-state index contributed by atoms with van der Waals surface area (Å²) in [6.45, 7) is 2.26. The molecule has 3 aromatic rings. The van der Waals surface area contributed by atoms with Crippen LogP contribution in [0.1, 0.15) is 12.5 Å². The lowest BCUT2D eigenvalue weighted by Crippen LogP contribution is -2.35. The Morgan fingerprint density at radius 1 is 0.871 bits per heavy atom. The van der Waals surface area contributed by atoms with E-state index in [9.17, 15) is 18.4 Å². The average Bonchev–Trinajstić information content (AvgIpc) is 3.02. The minimum Gasteiger partial charge on any atom is -0.337 e. The summed E-state index contributed by atoms with van der Waals surface area (Å²) >= 11 is 6.00. The van der Waals surface area contributed by atoms with Crippen LogP contribution in [0.2, 0.25) is 5.02 Å². The molecule has 156 valence electrons. The summed E-state index contributed by atoms with van der Waals surface area (Å²) < 4.78 is 27.3. The van der Waals surface area contributed by atoms with Crippen LogP contribution in [-0.4, -0.2) is 18.4 Å². The highest BCUT2D eigenvalue weighted by Crippen LogP contribution is 2.37. The summed E-state index contributed by atoms with van der Waals surface area (Å²) in [6, 6.07) is 18.6. The monoisotopic (exact) mass is 438 g/mol. The lowest BCUT2D eigenvalue weighted by Gasteiger charge is -2.25. The number of imide groups is 1. The van der Waals surface area contributed by atoms with Gasteiger partial charge in [-0.1, -0.05) is 41.9 Å². The molecule has 0 aliphatic carbocycles. The number of para-hydroxylation sites is 1. The highest BCUT2D eigenvalue weighted by Gasteiger charge is 2.42. The van der Waals surface area contributed by atoms with Crippen molar-refractivity contribution in [2.45, 2.75) is 6.92 Å². The topological polar surface area (TPSA) is 40.6 Å². The molecule has 3 aromatic carbocycles. The maximum Gasteiger partial charge on any atom is 0.282 e. The van der Waals surface area contributed by atoms with Crippen molar-refractivity contribution < 1.29 is 18.4 Å². The number of carbonyl (C=O) groups is 2. The second-order valence-electron chi connectivity index (χ2n) is 6.85. The largest absolute Gasteiger partial charge is 0.337 e. The molecule has 1 heterocycles. The van der Waals surface area contributed by atoms with Crippen molar-refractivity contribution in [3.05, 3.63) is 101 Å².